The van der Waals surface area contributed by atoms with Crippen LogP contribution >= 0.6 is 0 Å². The number of hydrogen-bond donors (Lipinski definition) is 1. The first-order valence-corrected chi connectivity index (χ1v) is 8.56. The van der Waals surface area contributed by atoms with E-state index in [4.69, 9.17) is 9.47 Å². The number of hydrogen-bond acceptors (Lipinski definition) is 5. The number of methoxy groups -OCH3 is 1. The summed E-state index contributed by atoms with van der Waals surface area (Å²) in [6.45, 7) is 1.74. The maximum Gasteiger partial charge on any atom is 0.230 e. The Labute approximate surface area is 147 Å². The van der Waals surface area contributed by atoms with E-state index in [-0.39, 0.29) is 0 Å². The van der Waals surface area contributed by atoms with E-state index >= 15 is 0 Å². The van der Waals surface area contributed by atoms with Crippen molar-refractivity contribution in [2.24, 2.45) is 5.16 Å². The minimum Gasteiger partial charge on any atom is -0.497 e. The van der Waals surface area contributed by atoms with E-state index in [0.29, 0.717) is 23.0 Å². The van der Waals surface area contributed by atoms with Crippen LogP contribution in [0, 0.1) is 0 Å². The average Bonchev–Trinajstić information content (AvgIpc) is 2.94. The Bertz CT molecular complexity index is 708. The standard InChI is InChI=1S/C19H23N3O3/c1-24-15-8-10-16(11-9-15)25-19-17(7-6-12-20-19)18(21-23)22-13-4-2-3-5-14-22/h6-12,23H,2-5,13-14H2,1H3/b21-18-. The van der Waals surface area contributed by atoms with Gasteiger partial charge in [-0.15, -0.1) is 0 Å². The fraction of sp³-hybridized carbons (Fsp3) is 0.368. The summed E-state index contributed by atoms with van der Waals surface area (Å²) in [6.07, 6.45) is 6.26. The highest BCUT2D eigenvalue weighted by molar-refractivity contribution is 6.00. The van der Waals surface area contributed by atoms with Gasteiger partial charge in [-0.25, -0.2) is 4.98 Å². The first-order chi connectivity index (χ1) is 12.3. The van der Waals surface area contributed by atoms with Crippen LogP contribution in [0.4, 0.5) is 0 Å². The van der Waals surface area contributed by atoms with Crippen LogP contribution < -0.4 is 9.47 Å². The number of amidine groups is 1. The second kappa shape index (κ2) is 8.37. The molecule has 132 valence electrons. The Balaban J connectivity index is 1.85. The largest absolute Gasteiger partial charge is 0.497 e. The number of likely N-dealkylation sites (tertiary alicyclic amines) is 1. The fourth-order valence-electron chi connectivity index (χ4n) is 2.97. The van der Waals surface area contributed by atoms with Gasteiger partial charge in [0.05, 0.1) is 12.7 Å². The molecule has 1 aliphatic rings. The van der Waals surface area contributed by atoms with Gasteiger partial charge in [0.15, 0.2) is 5.84 Å². The van der Waals surface area contributed by atoms with Crippen molar-refractivity contribution >= 4 is 5.84 Å². The van der Waals surface area contributed by atoms with Crippen LogP contribution in [-0.2, 0) is 0 Å². The molecule has 1 aliphatic heterocycles. The number of pyridine rings is 1. The molecule has 0 saturated carbocycles. The van der Waals surface area contributed by atoms with Gasteiger partial charge in [-0.3, -0.25) is 0 Å². The maximum atomic E-state index is 9.63. The molecule has 3 rings (SSSR count). The van der Waals surface area contributed by atoms with Crippen molar-refractivity contribution < 1.29 is 14.7 Å². The van der Waals surface area contributed by atoms with Crippen LogP contribution in [-0.4, -0.2) is 41.1 Å². The fourth-order valence-corrected chi connectivity index (χ4v) is 2.97. The molecule has 1 aromatic carbocycles. The molecular formula is C19H23N3O3. The average molecular weight is 341 g/mol. The SMILES string of the molecule is COc1ccc(Oc2ncccc2/C(=N/O)N2CCCCCC2)cc1. The van der Waals surface area contributed by atoms with Crippen molar-refractivity contribution in [1.29, 1.82) is 0 Å². The number of benzene rings is 1. The molecule has 0 atom stereocenters. The molecule has 0 amide bonds. The quantitative estimate of drug-likeness (QED) is 0.395. The van der Waals surface area contributed by atoms with E-state index in [1.165, 1.54) is 12.8 Å². The molecule has 1 saturated heterocycles. The highest BCUT2D eigenvalue weighted by Crippen LogP contribution is 2.26. The smallest absolute Gasteiger partial charge is 0.230 e. The van der Waals surface area contributed by atoms with Crippen LogP contribution in [0.15, 0.2) is 47.8 Å². The lowest BCUT2D eigenvalue weighted by atomic mass is 10.2. The molecule has 2 aromatic rings. The first-order valence-electron chi connectivity index (χ1n) is 8.56. The Kier molecular flexibility index (Phi) is 5.72. The van der Waals surface area contributed by atoms with Gasteiger partial charge < -0.3 is 19.6 Å². The summed E-state index contributed by atoms with van der Waals surface area (Å²) in [5, 5.41) is 13.2. The van der Waals surface area contributed by atoms with E-state index in [9.17, 15) is 5.21 Å². The minimum atomic E-state index is 0.421. The topological polar surface area (TPSA) is 67.2 Å². The van der Waals surface area contributed by atoms with Gasteiger partial charge in [0, 0.05) is 19.3 Å². The highest BCUT2D eigenvalue weighted by atomic mass is 16.5. The molecule has 1 aromatic heterocycles. The van der Waals surface area contributed by atoms with Crippen molar-refractivity contribution in [2.45, 2.75) is 25.7 Å². The molecule has 0 radical (unpaired) electrons. The van der Waals surface area contributed by atoms with E-state index in [2.05, 4.69) is 15.0 Å². The van der Waals surface area contributed by atoms with E-state index in [1.54, 1.807) is 13.3 Å². The molecule has 0 unspecified atom stereocenters. The number of oxime groups is 1. The summed E-state index contributed by atoms with van der Waals surface area (Å²) in [4.78, 5) is 6.43. The monoisotopic (exact) mass is 341 g/mol. The van der Waals surface area contributed by atoms with Crippen molar-refractivity contribution in [3.05, 3.63) is 48.2 Å². The van der Waals surface area contributed by atoms with Gasteiger partial charge in [-0.05, 0) is 49.2 Å². The summed E-state index contributed by atoms with van der Waals surface area (Å²) in [7, 11) is 1.62. The molecule has 2 heterocycles. The molecule has 1 fully saturated rings. The van der Waals surface area contributed by atoms with E-state index < -0.39 is 0 Å². The third kappa shape index (κ3) is 4.21. The Morgan fingerprint density at radius 2 is 1.72 bits per heavy atom. The maximum absolute atomic E-state index is 9.63. The lowest BCUT2D eigenvalue weighted by Crippen LogP contribution is -2.33. The summed E-state index contributed by atoms with van der Waals surface area (Å²) >= 11 is 0. The summed E-state index contributed by atoms with van der Waals surface area (Å²) in [5.74, 6) is 2.34. The number of aromatic nitrogens is 1. The lowest BCUT2D eigenvalue weighted by Gasteiger charge is -2.24. The second-order valence-electron chi connectivity index (χ2n) is 5.96. The molecule has 25 heavy (non-hydrogen) atoms. The molecule has 1 N–H and O–H groups in total. The van der Waals surface area contributed by atoms with Gasteiger partial charge in [0.2, 0.25) is 5.88 Å². The van der Waals surface area contributed by atoms with Crippen LogP contribution in [0.25, 0.3) is 0 Å². The predicted molar refractivity (Wildman–Crippen MR) is 95.7 cm³/mol. The van der Waals surface area contributed by atoms with Crippen LogP contribution in [0.1, 0.15) is 31.2 Å². The molecule has 6 nitrogen and oxygen atoms in total. The third-order valence-corrected chi connectivity index (χ3v) is 4.29. The Morgan fingerprint density at radius 3 is 2.36 bits per heavy atom. The Morgan fingerprint density at radius 1 is 1.04 bits per heavy atom. The van der Waals surface area contributed by atoms with Gasteiger partial charge in [0.25, 0.3) is 0 Å². The highest BCUT2D eigenvalue weighted by Gasteiger charge is 2.20. The van der Waals surface area contributed by atoms with Crippen molar-refractivity contribution in [1.82, 2.24) is 9.88 Å². The second-order valence-corrected chi connectivity index (χ2v) is 5.96. The van der Waals surface area contributed by atoms with E-state index in [0.717, 1.165) is 31.7 Å². The van der Waals surface area contributed by atoms with Crippen LogP contribution in [0.2, 0.25) is 0 Å². The van der Waals surface area contributed by atoms with Crippen molar-refractivity contribution in [2.75, 3.05) is 20.2 Å². The number of rotatable bonds is 4. The summed E-state index contributed by atoms with van der Waals surface area (Å²) in [6, 6.07) is 11.0. The zero-order valence-electron chi connectivity index (χ0n) is 14.4. The molecule has 0 bridgehead atoms. The van der Waals surface area contributed by atoms with Gasteiger partial charge in [0.1, 0.15) is 11.5 Å². The molecule has 0 aliphatic carbocycles. The summed E-state index contributed by atoms with van der Waals surface area (Å²) in [5.41, 5.74) is 0.683. The lowest BCUT2D eigenvalue weighted by molar-refractivity contribution is 0.301. The zero-order valence-corrected chi connectivity index (χ0v) is 14.4. The van der Waals surface area contributed by atoms with Gasteiger partial charge in [-0.2, -0.15) is 0 Å². The van der Waals surface area contributed by atoms with E-state index in [1.807, 2.05) is 36.4 Å². The first kappa shape index (κ1) is 17.1. The molecule has 6 heteroatoms. The normalized spacial score (nSPS) is 15.6. The van der Waals surface area contributed by atoms with Gasteiger partial charge in [-0.1, -0.05) is 18.0 Å². The third-order valence-electron chi connectivity index (χ3n) is 4.29. The number of nitrogens with zero attached hydrogens (tertiary/aromatic N) is 3. The Hall–Kier alpha value is -2.76. The summed E-state index contributed by atoms with van der Waals surface area (Å²) < 4.78 is 11.1. The van der Waals surface area contributed by atoms with Crippen LogP contribution in [0.5, 0.6) is 17.4 Å². The predicted octanol–water partition coefficient (Wildman–Crippen LogP) is 3.89. The number of ether oxygens (including phenoxy) is 2. The minimum absolute atomic E-state index is 0.421. The molecule has 0 spiro atoms. The van der Waals surface area contributed by atoms with Gasteiger partial charge >= 0.3 is 0 Å². The van der Waals surface area contributed by atoms with Crippen LogP contribution in [0.3, 0.4) is 0 Å². The molecular weight excluding hydrogens is 318 g/mol. The van der Waals surface area contributed by atoms with Crippen molar-refractivity contribution in [3.63, 3.8) is 0 Å². The van der Waals surface area contributed by atoms with Crippen molar-refractivity contribution in [3.8, 4) is 17.4 Å². The zero-order chi connectivity index (χ0) is 17.5.